The van der Waals surface area contributed by atoms with E-state index in [1.54, 1.807) is 6.08 Å². The van der Waals surface area contributed by atoms with Crippen molar-refractivity contribution in [3.63, 3.8) is 0 Å². The minimum Gasteiger partial charge on any atom is -0.291 e. The first-order valence-corrected chi connectivity index (χ1v) is 7.02. The van der Waals surface area contributed by atoms with Crippen LogP contribution < -0.4 is 0 Å². The molecule has 0 aromatic heterocycles. The van der Waals surface area contributed by atoms with Gasteiger partial charge in [-0.1, -0.05) is 46.3 Å². The highest BCUT2D eigenvalue weighted by Gasteiger charge is 2.49. The second-order valence-electron chi connectivity index (χ2n) is 6.94. The van der Waals surface area contributed by atoms with E-state index in [0.29, 0.717) is 5.92 Å². The summed E-state index contributed by atoms with van der Waals surface area (Å²) in [5.41, 5.74) is 1.46. The van der Waals surface area contributed by atoms with Crippen LogP contribution in [0.5, 0.6) is 0 Å². The van der Waals surface area contributed by atoms with Crippen LogP contribution in [0.4, 0.5) is 0 Å². The van der Waals surface area contributed by atoms with Gasteiger partial charge in [0.05, 0.1) is 0 Å². The van der Waals surface area contributed by atoms with Gasteiger partial charge in [-0.2, -0.15) is 0 Å². The maximum atomic E-state index is 12.3. The monoisotopic (exact) mass is 278 g/mol. The fourth-order valence-electron chi connectivity index (χ4n) is 2.79. The van der Waals surface area contributed by atoms with Crippen LogP contribution in [-0.4, -0.2) is 16.6 Å². The summed E-state index contributed by atoms with van der Waals surface area (Å²) in [4.78, 5) is 17.0. The van der Waals surface area contributed by atoms with Gasteiger partial charge in [0.2, 0.25) is 0 Å². The Hall–Kier alpha value is -1.19. The van der Waals surface area contributed by atoms with E-state index >= 15 is 0 Å². The van der Waals surface area contributed by atoms with Crippen LogP contribution in [0.1, 0.15) is 48.5 Å². The third kappa shape index (κ3) is 2.79. The Labute approximate surface area is 122 Å². The Morgan fingerprint density at radius 3 is 2.15 bits per heavy atom. The van der Waals surface area contributed by atoms with E-state index in [4.69, 9.17) is 4.89 Å². The van der Waals surface area contributed by atoms with Gasteiger partial charge in [0.25, 0.3) is 0 Å². The molecule has 0 fully saturated rings. The zero-order valence-corrected chi connectivity index (χ0v) is 13.6. The third-order valence-corrected chi connectivity index (χ3v) is 3.82. The van der Waals surface area contributed by atoms with Crippen LogP contribution >= 0.6 is 0 Å². The van der Waals surface area contributed by atoms with Gasteiger partial charge in [-0.15, -0.1) is 0 Å². The number of carbonyl (C=O) groups excluding carboxylic acids is 1. The van der Waals surface area contributed by atoms with E-state index in [9.17, 15) is 10.1 Å². The van der Waals surface area contributed by atoms with Crippen LogP contribution in [0.2, 0.25) is 0 Å². The highest BCUT2D eigenvalue weighted by Crippen LogP contribution is 2.41. The fourth-order valence-corrected chi connectivity index (χ4v) is 2.79. The molecule has 0 saturated carbocycles. The van der Waals surface area contributed by atoms with Crippen molar-refractivity contribution in [2.45, 2.75) is 54.1 Å². The zero-order chi connectivity index (χ0) is 15.7. The van der Waals surface area contributed by atoms with E-state index < -0.39 is 11.0 Å². The van der Waals surface area contributed by atoms with E-state index in [0.717, 1.165) is 5.57 Å². The lowest BCUT2D eigenvalue weighted by atomic mass is 9.69. The van der Waals surface area contributed by atoms with Crippen molar-refractivity contribution < 1.29 is 14.9 Å². The molecule has 0 aliphatic heterocycles. The highest BCUT2D eigenvalue weighted by atomic mass is 17.1. The van der Waals surface area contributed by atoms with Crippen LogP contribution in [0.25, 0.3) is 0 Å². The Kier molecular flexibility index (Phi) is 4.78. The molecule has 3 heteroatoms. The van der Waals surface area contributed by atoms with Crippen molar-refractivity contribution >= 4 is 5.78 Å². The van der Waals surface area contributed by atoms with Gasteiger partial charge >= 0.3 is 0 Å². The molecule has 112 valence electrons. The summed E-state index contributed by atoms with van der Waals surface area (Å²) in [7, 11) is 0. The normalized spacial score (nSPS) is 23.1. The molecule has 0 spiro atoms. The van der Waals surface area contributed by atoms with Gasteiger partial charge in [-0.05, 0) is 43.1 Å². The quantitative estimate of drug-likeness (QED) is 0.618. The maximum Gasteiger partial charge on any atom is 0.195 e. The molecule has 0 saturated heterocycles. The van der Waals surface area contributed by atoms with E-state index in [1.807, 2.05) is 26.8 Å². The molecule has 1 aliphatic carbocycles. The Bertz CT molecular complexity index is 483. The second kappa shape index (κ2) is 5.66. The first-order chi connectivity index (χ1) is 9.06. The highest BCUT2D eigenvalue weighted by molar-refractivity contribution is 6.01. The molecular weight excluding hydrogens is 252 g/mol. The molecule has 0 aromatic carbocycles. The van der Waals surface area contributed by atoms with Gasteiger partial charge in [-0.25, -0.2) is 4.89 Å². The predicted octanol–water partition coefficient (Wildman–Crippen LogP) is 4.32. The van der Waals surface area contributed by atoms with Crippen LogP contribution in [0, 0.1) is 11.3 Å². The molecule has 1 unspecified atom stereocenters. The molecule has 1 rings (SSSR count). The van der Waals surface area contributed by atoms with Crippen LogP contribution in [-0.2, 0) is 9.68 Å². The van der Waals surface area contributed by atoms with Crippen molar-refractivity contribution in [1.82, 2.24) is 0 Å². The number of rotatable bonds is 3. The average molecular weight is 278 g/mol. The Morgan fingerprint density at radius 1 is 1.25 bits per heavy atom. The first-order valence-electron chi connectivity index (χ1n) is 7.02. The molecule has 1 atom stereocenters. The summed E-state index contributed by atoms with van der Waals surface area (Å²) < 4.78 is 0. The molecule has 0 radical (unpaired) electrons. The lowest BCUT2D eigenvalue weighted by Crippen LogP contribution is -2.50. The van der Waals surface area contributed by atoms with Gasteiger partial charge < -0.3 is 0 Å². The molecule has 0 heterocycles. The zero-order valence-electron chi connectivity index (χ0n) is 13.6. The summed E-state index contributed by atoms with van der Waals surface area (Å²) in [6.07, 6.45) is 5.08. The lowest BCUT2D eigenvalue weighted by Gasteiger charge is -2.39. The summed E-state index contributed by atoms with van der Waals surface area (Å²) >= 11 is 0. The van der Waals surface area contributed by atoms with Crippen molar-refractivity contribution in [3.05, 3.63) is 34.9 Å². The van der Waals surface area contributed by atoms with Gasteiger partial charge in [-0.3, -0.25) is 10.1 Å². The van der Waals surface area contributed by atoms with Crippen LogP contribution in [0.15, 0.2) is 34.9 Å². The molecular formula is C17H26O3. The molecule has 1 aliphatic rings. The standard InChI is InChI=1S/C17H26O3/c1-11(2)15(12(3)4)13-8-9-14(18)17(10-13,20-19)16(5,6)7/h8-11,19H,1-7H3. The fraction of sp³-hybridized carbons (Fsp3) is 0.588. The summed E-state index contributed by atoms with van der Waals surface area (Å²) in [6.45, 7) is 14.0. The SMILES string of the molecule is CC(C)=C(C1=CC(OO)(C(C)(C)C)C(=O)C=C1)C(C)C. The number of carbonyl (C=O) groups is 1. The van der Waals surface area contributed by atoms with Gasteiger partial charge in [0.1, 0.15) is 0 Å². The third-order valence-electron chi connectivity index (χ3n) is 3.82. The number of allylic oxidation sites excluding steroid dienone is 4. The van der Waals surface area contributed by atoms with E-state index in [-0.39, 0.29) is 5.78 Å². The van der Waals surface area contributed by atoms with Crippen molar-refractivity contribution in [2.24, 2.45) is 11.3 Å². The van der Waals surface area contributed by atoms with Crippen LogP contribution in [0.3, 0.4) is 0 Å². The van der Waals surface area contributed by atoms with Crippen molar-refractivity contribution in [3.8, 4) is 0 Å². The summed E-state index contributed by atoms with van der Waals surface area (Å²) in [5, 5.41) is 9.41. The molecule has 0 aromatic rings. The van der Waals surface area contributed by atoms with E-state index in [2.05, 4.69) is 27.7 Å². The minimum absolute atomic E-state index is 0.229. The van der Waals surface area contributed by atoms with Crippen molar-refractivity contribution in [1.29, 1.82) is 0 Å². The summed E-state index contributed by atoms with van der Waals surface area (Å²) in [5.74, 6) is 0.105. The predicted molar refractivity (Wildman–Crippen MR) is 81.3 cm³/mol. The largest absolute Gasteiger partial charge is 0.291 e. The molecule has 1 N–H and O–H groups in total. The number of hydrogen-bond donors (Lipinski definition) is 1. The van der Waals surface area contributed by atoms with E-state index in [1.165, 1.54) is 17.2 Å². The smallest absolute Gasteiger partial charge is 0.195 e. The number of hydrogen-bond acceptors (Lipinski definition) is 3. The summed E-state index contributed by atoms with van der Waals surface area (Å²) in [6, 6.07) is 0. The molecule has 0 bridgehead atoms. The molecule has 3 nitrogen and oxygen atoms in total. The topological polar surface area (TPSA) is 46.5 Å². The molecule has 20 heavy (non-hydrogen) atoms. The van der Waals surface area contributed by atoms with Crippen molar-refractivity contribution in [2.75, 3.05) is 0 Å². The Morgan fingerprint density at radius 2 is 1.80 bits per heavy atom. The lowest BCUT2D eigenvalue weighted by molar-refractivity contribution is -0.317. The molecule has 0 amide bonds. The minimum atomic E-state index is -1.33. The van der Waals surface area contributed by atoms with Gasteiger partial charge in [0, 0.05) is 5.41 Å². The Balaban J connectivity index is 3.49. The average Bonchev–Trinajstić information content (AvgIpc) is 2.29. The number of ketones is 1. The first kappa shape index (κ1) is 16.9. The maximum absolute atomic E-state index is 12.3. The second-order valence-corrected chi connectivity index (χ2v) is 6.94. The van der Waals surface area contributed by atoms with Gasteiger partial charge in [0.15, 0.2) is 11.4 Å².